The fourth-order valence-corrected chi connectivity index (χ4v) is 3.50. The molecule has 20 heavy (non-hydrogen) atoms. The average Bonchev–Trinajstić information content (AvgIpc) is 3.33. The first-order chi connectivity index (χ1) is 9.72. The Kier molecular flexibility index (Phi) is 3.12. The van der Waals surface area contributed by atoms with Crippen LogP contribution in [0.2, 0.25) is 10.3 Å². The lowest BCUT2D eigenvalue weighted by Gasteiger charge is -2.08. The molecule has 2 fully saturated rings. The number of aromatic nitrogens is 5. The lowest BCUT2D eigenvalue weighted by molar-refractivity contribution is 0.627. The van der Waals surface area contributed by atoms with Crippen LogP contribution in [-0.4, -0.2) is 25.0 Å². The Balaban J connectivity index is 1.70. The zero-order valence-electron chi connectivity index (χ0n) is 10.5. The SMILES string of the molecule is Clc1cc(Sc2nnc(C3CC3)n2C2CC2)c(Cl)nn1. The van der Waals surface area contributed by atoms with Gasteiger partial charge in [-0.3, -0.25) is 0 Å². The Labute approximate surface area is 130 Å². The first-order valence-corrected chi connectivity index (χ1v) is 8.11. The summed E-state index contributed by atoms with van der Waals surface area (Å²) in [5, 5.41) is 17.8. The van der Waals surface area contributed by atoms with Gasteiger partial charge >= 0.3 is 0 Å². The van der Waals surface area contributed by atoms with Crippen LogP contribution in [0.3, 0.4) is 0 Å². The van der Waals surface area contributed by atoms with Gasteiger partial charge in [-0.05, 0) is 43.5 Å². The zero-order valence-corrected chi connectivity index (χ0v) is 12.8. The van der Waals surface area contributed by atoms with Gasteiger partial charge in [0.05, 0.1) is 4.90 Å². The quantitative estimate of drug-likeness (QED) is 0.856. The normalized spacial score (nSPS) is 18.5. The van der Waals surface area contributed by atoms with Crippen LogP contribution in [0.15, 0.2) is 16.1 Å². The Morgan fingerprint density at radius 1 is 1.05 bits per heavy atom. The van der Waals surface area contributed by atoms with Gasteiger partial charge in [-0.1, -0.05) is 23.2 Å². The maximum absolute atomic E-state index is 6.06. The van der Waals surface area contributed by atoms with Gasteiger partial charge in [-0.15, -0.1) is 20.4 Å². The van der Waals surface area contributed by atoms with Crippen molar-refractivity contribution in [3.8, 4) is 0 Å². The lowest BCUT2D eigenvalue weighted by Crippen LogP contribution is -2.01. The predicted molar refractivity (Wildman–Crippen MR) is 76.4 cm³/mol. The van der Waals surface area contributed by atoms with Crippen LogP contribution in [0.4, 0.5) is 0 Å². The number of hydrogen-bond acceptors (Lipinski definition) is 5. The monoisotopic (exact) mass is 327 g/mol. The van der Waals surface area contributed by atoms with Crippen molar-refractivity contribution in [3.05, 3.63) is 22.2 Å². The fourth-order valence-electron chi connectivity index (χ4n) is 2.16. The standard InChI is InChI=1S/C12H11Cl2N5S/c13-9-5-8(10(14)16-15-9)20-12-18-17-11(6-1-2-6)19(12)7-3-4-7/h5-7H,1-4H2. The molecular formula is C12H11Cl2N5S. The van der Waals surface area contributed by atoms with E-state index >= 15 is 0 Å². The Morgan fingerprint density at radius 3 is 2.55 bits per heavy atom. The topological polar surface area (TPSA) is 56.5 Å². The molecule has 0 radical (unpaired) electrons. The number of halogens is 2. The second-order valence-electron chi connectivity index (χ2n) is 5.14. The van der Waals surface area contributed by atoms with E-state index in [0.29, 0.717) is 22.3 Å². The highest BCUT2D eigenvalue weighted by Gasteiger charge is 2.36. The van der Waals surface area contributed by atoms with Gasteiger partial charge in [0.2, 0.25) is 0 Å². The van der Waals surface area contributed by atoms with Gasteiger partial charge in [0.25, 0.3) is 0 Å². The highest BCUT2D eigenvalue weighted by Crippen LogP contribution is 2.47. The molecule has 0 aliphatic heterocycles. The second-order valence-corrected chi connectivity index (χ2v) is 6.89. The minimum absolute atomic E-state index is 0.330. The van der Waals surface area contributed by atoms with Gasteiger partial charge < -0.3 is 4.57 Å². The van der Waals surface area contributed by atoms with E-state index in [0.717, 1.165) is 15.9 Å². The van der Waals surface area contributed by atoms with Gasteiger partial charge in [0.1, 0.15) is 5.82 Å². The third-order valence-corrected chi connectivity index (χ3v) is 5.00. The van der Waals surface area contributed by atoms with E-state index in [1.807, 2.05) is 0 Å². The Morgan fingerprint density at radius 2 is 1.85 bits per heavy atom. The molecule has 104 valence electrons. The van der Waals surface area contributed by atoms with E-state index < -0.39 is 0 Å². The molecule has 0 bridgehead atoms. The van der Waals surface area contributed by atoms with Crippen molar-refractivity contribution in [2.75, 3.05) is 0 Å². The summed E-state index contributed by atoms with van der Waals surface area (Å²) in [7, 11) is 0. The van der Waals surface area contributed by atoms with Crippen molar-refractivity contribution in [3.63, 3.8) is 0 Å². The zero-order chi connectivity index (χ0) is 13.7. The van der Waals surface area contributed by atoms with Crippen molar-refractivity contribution in [1.82, 2.24) is 25.0 Å². The maximum atomic E-state index is 6.06. The molecule has 2 saturated carbocycles. The molecule has 2 aromatic heterocycles. The Bertz CT molecular complexity index is 666. The summed E-state index contributed by atoms with van der Waals surface area (Å²) in [6.07, 6.45) is 4.85. The summed E-state index contributed by atoms with van der Waals surface area (Å²) in [5.41, 5.74) is 0. The third-order valence-electron chi connectivity index (χ3n) is 3.43. The fraction of sp³-hybridized carbons (Fsp3) is 0.500. The summed E-state index contributed by atoms with van der Waals surface area (Å²) in [6.45, 7) is 0. The van der Waals surface area contributed by atoms with E-state index in [4.69, 9.17) is 23.2 Å². The van der Waals surface area contributed by atoms with Crippen LogP contribution < -0.4 is 0 Å². The minimum atomic E-state index is 0.330. The van der Waals surface area contributed by atoms with Crippen molar-refractivity contribution < 1.29 is 0 Å². The van der Waals surface area contributed by atoms with Crippen molar-refractivity contribution in [1.29, 1.82) is 0 Å². The first kappa shape index (κ1) is 12.9. The van der Waals surface area contributed by atoms with Gasteiger partial charge in [-0.2, -0.15) is 0 Å². The summed E-state index contributed by atoms with van der Waals surface area (Å²) >= 11 is 13.4. The van der Waals surface area contributed by atoms with Gasteiger partial charge in [-0.25, -0.2) is 0 Å². The molecule has 2 aromatic rings. The number of rotatable bonds is 4. The van der Waals surface area contributed by atoms with Crippen molar-refractivity contribution in [2.24, 2.45) is 0 Å². The lowest BCUT2D eigenvalue weighted by atomic mass is 10.4. The molecule has 2 aliphatic rings. The van der Waals surface area contributed by atoms with Crippen molar-refractivity contribution in [2.45, 2.75) is 47.7 Å². The maximum Gasteiger partial charge on any atom is 0.196 e. The molecule has 2 heterocycles. The van der Waals surface area contributed by atoms with E-state index in [9.17, 15) is 0 Å². The molecule has 0 unspecified atom stereocenters. The molecule has 0 amide bonds. The van der Waals surface area contributed by atoms with E-state index in [2.05, 4.69) is 25.0 Å². The highest BCUT2D eigenvalue weighted by atomic mass is 35.5. The first-order valence-electron chi connectivity index (χ1n) is 6.54. The van der Waals surface area contributed by atoms with Crippen LogP contribution in [-0.2, 0) is 0 Å². The summed E-state index contributed by atoms with van der Waals surface area (Å²) in [6, 6.07) is 2.26. The van der Waals surface area contributed by atoms with Crippen molar-refractivity contribution >= 4 is 35.0 Å². The Hall–Kier alpha value is -0.850. The molecule has 0 aromatic carbocycles. The van der Waals surface area contributed by atoms with Gasteiger partial charge in [0.15, 0.2) is 15.5 Å². The highest BCUT2D eigenvalue weighted by molar-refractivity contribution is 7.99. The van der Waals surface area contributed by atoms with E-state index in [1.54, 1.807) is 6.07 Å². The summed E-state index contributed by atoms with van der Waals surface area (Å²) < 4.78 is 2.27. The predicted octanol–water partition coefficient (Wildman–Crippen LogP) is 3.74. The molecule has 0 atom stereocenters. The van der Waals surface area contributed by atoms with E-state index in [1.165, 1.54) is 37.4 Å². The molecule has 8 heteroatoms. The van der Waals surface area contributed by atoms with Crippen LogP contribution in [0, 0.1) is 0 Å². The molecule has 2 aliphatic carbocycles. The summed E-state index contributed by atoms with van der Waals surface area (Å²) in [4.78, 5) is 0.767. The molecule has 0 spiro atoms. The number of nitrogens with zero attached hydrogens (tertiary/aromatic N) is 5. The number of hydrogen-bond donors (Lipinski definition) is 0. The largest absolute Gasteiger partial charge is 0.302 e. The summed E-state index contributed by atoms with van der Waals surface area (Å²) in [5.74, 6) is 1.71. The van der Waals surface area contributed by atoms with Gasteiger partial charge in [0, 0.05) is 12.0 Å². The minimum Gasteiger partial charge on any atom is -0.302 e. The van der Waals surface area contributed by atoms with Crippen LogP contribution in [0.1, 0.15) is 43.5 Å². The van der Waals surface area contributed by atoms with Crippen LogP contribution in [0.5, 0.6) is 0 Å². The van der Waals surface area contributed by atoms with Crippen LogP contribution in [0.25, 0.3) is 0 Å². The third kappa shape index (κ3) is 2.40. The van der Waals surface area contributed by atoms with Crippen LogP contribution >= 0.6 is 35.0 Å². The second kappa shape index (κ2) is 4.86. The average molecular weight is 328 g/mol. The molecule has 4 rings (SSSR count). The molecular weight excluding hydrogens is 317 g/mol. The van der Waals surface area contributed by atoms with E-state index in [-0.39, 0.29) is 0 Å². The smallest absolute Gasteiger partial charge is 0.196 e. The molecule has 0 N–H and O–H groups in total. The molecule has 0 saturated heterocycles. The molecule has 5 nitrogen and oxygen atoms in total.